The molecule has 1 fully saturated rings. The maximum Gasteiger partial charge on any atom is 0.269 e. The molecule has 0 aliphatic heterocycles. The van der Waals surface area contributed by atoms with E-state index in [1.54, 1.807) is 0 Å². The number of carbonyl (C=O) groups excluding carboxylic acids is 2. The lowest BCUT2D eigenvalue weighted by Gasteiger charge is -2.20. The van der Waals surface area contributed by atoms with Crippen LogP contribution in [0.2, 0.25) is 0 Å². The van der Waals surface area contributed by atoms with Crippen LogP contribution < -0.4 is 10.9 Å². The minimum absolute atomic E-state index is 0.0187. The predicted octanol–water partition coefficient (Wildman–Crippen LogP) is 1.86. The lowest BCUT2D eigenvalue weighted by molar-refractivity contribution is -0.384. The number of nitrogens with zero attached hydrogens (tertiary/aromatic N) is 1. The average molecular weight is 305 g/mol. The summed E-state index contributed by atoms with van der Waals surface area (Å²) in [6, 6.07) is 5.76. The van der Waals surface area contributed by atoms with E-state index in [-0.39, 0.29) is 29.8 Å². The van der Waals surface area contributed by atoms with Gasteiger partial charge in [0.25, 0.3) is 5.69 Å². The number of hydrazine groups is 1. The highest BCUT2D eigenvalue weighted by atomic mass is 16.6. The minimum atomic E-state index is -0.492. The molecule has 1 aliphatic rings. The molecule has 1 aromatic rings. The van der Waals surface area contributed by atoms with E-state index in [9.17, 15) is 19.7 Å². The molecule has 0 atom stereocenters. The molecule has 118 valence electrons. The summed E-state index contributed by atoms with van der Waals surface area (Å²) in [5.74, 6) is -0.511. The Bertz CT molecular complexity index is 550. The Kier molecular flexibility index (Phi) is 5.46. The van der Waals surface area contributed by atoms with Gasteiger partial charge in [-0.15, -0.1) is 0 Å². The number of amides is 2. The topological polar surface area (TPSA) is 101 Å². The maximum atomic E-state index is 11.9. The molecule has 0 bridgehead atoms. The van der Waals surface area contributed by atoms with Crippen LogP contribution in [0.1, 0.15) is 37.7 Å². The molecule has 2 N–H and O–H groups in total. The highest BCUT2D eigenvalue weighted by Gasteiger charge is 2.21. The van der Waals surface area contributed by atoms with Crippen LogP contribution in [0.4, 0.5) is 5.69 Å². The molecule has 7 nitrogen and oxygen atoms in total. The van der Waals surface area contributed by atoms with Gasteiger partial charge >= 0.3 is 0 Å². The van der Waals surface area contributed by atoms with E-state index in [4.69, 9.17) is 0 Å². The van der Waals surface area contributed by atoms with Gasteiger partial charge in [0.05, 0.1) is 11.3 Å². The second kappa shape index (κ2) is 7.53. The fourth-order valence-corrected chi connectivity index (χ4v) is 2.56. The van der Waals surface area contributed by atoms with Crippen LogP contribution in [0, 0.1) is 16.0 Å². The number of hydrogen-bond acceptors (Lipinski definition) is 4. The highest BCUT2D eigenvalue weighted by molar-refractivity contribution is 5.84. The zero-order valence-electron chi connectivity index (χ0n) is 12.2. The van der Waals surface area contributed by atoms with E-state index in [1.165, 1.54) is 24.3 Å². The zero-order valence-corrected chi connectivity index (χ0v) is 12.2. The first kappa shape index (κ1) is 15.9. The van der Waals surface area contributed by atoms with E-state index in [1.807, 2.05) is 0 Å². The van der Waals surface area contributed by atoms with Crippen molar-refractivity contribution in [3.8, 4) is 0 Å². The van der Waals surface area contributed by atoms with Gasteiger partial charge in [0.15, 0.2) is 0 Å². The van der Waals surface area contributed by atoms with Crippen molar-refractivity contribution in [3.05, 3.63) is 39.9 Å². The van der Waals surface area contributed by atoms with Gasteiger partial charge in [0.2, 0.25) is 11.8 Å². The highest BCUT2D eigenvalue weighted by Crippen LogP contribution is 2.23. The summed E-state index contributed by atoms with van der Waals surface area (Å²) < 4.78 is 0. The minimum Gasteiger partial charge on any atom is -0.273 e. The zero-order chi connectivity index (χ0) is 15.9. The van der Waals surface area contributed by atoms with Crippen molar-refractivity contribution in [2.75, 3.05) is 0 Å². The quantitative estimate of drug-likeness (QED) is 0.655. The Morgan fingerprint density at radius 2 is 1.73 bits per heavy atom. The summed E-state index contributed by atoms with van der Waals surface area (Å²) in [7, 11) is 0. The first-order chi connectivity index (χ1) is 10.6. The molecule has 1 aromatic carbocycles. The first-order valence-electron chi connectivity index (χ1n) is 7.38. The lowest BCUT2D eigenvalue weighted by Crippen LogP contribution is -2.45. The lowest BCUT2D eigenvalue weighted by atomic mass is 9.89. The van der Waals surface area contributed by atoms with Crippen LogP contribution in [-0.2, 0) is 16.0 Å². The smallest absolute Gasteiger partial charge is 0.269 e. The van der Waals surface area contributed by atoms with E-state index >= 15 is 0 Å². The molecule has 2 rings (SSSR count). The number of rotatable bonds is 4. The number of nitro benzene ring substituents is 1. The summed E-state index contributed by atoms with van der Waals surface area (Å²) in [5, 5.41) is 10.5. The molecule has 22 heavy (non-hydrogen) atoms. The van der Waals surface area contributed by atoms with E-state index in [2.05, 4.69) is 10.9 Å². The third-order valence-electron chi connectivity index (χ3n) is 3.81. The second-order valence-corrected chi connectivity index (χ2v) is 5.47. The monoisotopic (exact) mass is 305 g/mol. The van der Waals surface area contributed by atoms with Crippen molar-refractivity contribution >= 4 is 17.5 Å². The Morgan fingerprint density at radius 3 is 2.32 bits per heavy atom. The van der Waals surface area contributed by atoms with Crippen LogP contribution in [0.3, 0.4) is 0 Å². The van der Waals surface area contributed by atoms with E-state index in [0.717, 1.165) is 32.1 Å². The standard InChI is InChI=1S/C15H19N3O4/c19-14(10-11-6-8-13(9-7-11)18(21)22)16-17-15(20)12-4-2-1-3-5-12/h6-9,12H,1-5,10H2,(H,16,19)(H,17,20). The second-order valence-electron chi connectivity index (χ2n) is 5.47. The van der Waals surface area contributed by atoms with Crippen molar-refractivity contribution < 1.29 is 14.5 Å². The van der Waals surface area contributed by atoms with Crippen molar-refractivity contribution in [3.63, 3.8) is 0 Å². The molecule has 0 unspecified atom stereocenters. The van der Waals surface area contributed by atoms with Crippen molar-refractivity contribution in [1.82, 2.24) is 10.9 Å². The maximum absolute atomic E-state index is 11.9. The summed E-state index contributed by atoms with van der Waals surface area (Å²) >= 11 is 0. The van der Waals surface area contributed by atoms with Gasteiger partial charge in [-0.2, -0.15) is 0 Å². The van der Waals surface area contributed by atoms with Crippen LogP contribution in [0.5, 0.6) is 0 Å². The third-order valence-corrected chi connectivity index (χ3v) is 3.81. The molecule has 1 aliphatic carbocycles. The summed E-state index contributed by atoms with van der Waals surface area (Å²) in [6.45, 7) is 0. The Labute approximate surface area is 128 Å². The molecule has 0 spiro atoms. The number of nitro groups is 1. The molecular weight excluding hydrogens is 286 g/mol. The van der Waals surface area contributed by atoms with Crippen LogP contribution in [0.25, 0.3) is 0 Å². The van der Waals surface area contributed by atoms with Gasteiger partial charge in [-0.05, 0) is 18.4 Å². The van der Waals surface area contributed by atoms with E-state index in [0.29, 0.717) is 5.56 Å². The molecule has 0 aromatic heterocycles. The number of carbonyl (C=O) groups is 2. The Hall–Kier alpha value is -2.44. The molecule has 0 saturated heterocycles. The largest absolute Gasteiger partial charge is 0.273 e. The van der Waals surface area contributed by atoms with Gasteiger partial charge in [-0.3, -0.25) is 30.6 Å². The van der Waals surface area contributed by atoms with Crippen molar-refractivity contribution in [2.24, 2.45) is 5.92 Å². The van der Waals surface area contributed by atoms with E-state index < -0.39 is 4.92 Å². The van der Waals surface area contributed by atoms with Gasteiger partial charge in [0.1, 0.15) is 0 Å². The van der Waals surface area contributed by atoms with Gasteiger partial charge < -0.3 is 0 Å². The molecular formula is C15H19N3O4. The third kappa shape index (κ3) is 4.54. The van der Waals surface area contributed by atoms with Crippen molar-refractivity contribution in [2.45, 2.75) is 38.5 Å². The molecule has 0 heterocycles. The normalized spacial score (nSPS) is 15.1. The molecule has 1 saturated carbocycles. The van der Waals surface area contributed by atoms with Gasteiger partial charge in [0, 0.05) is 18.1 Å². The number of nitrogens with one attached hydrogen (secondary N) is 2. The van der Waals surface area contributed by atoms with Crippen LogP contribution in [-0.4, -0.2) is 16.7 Å². The number of benzene rings is 1. The van der Waals surface area contributed by atoms with Gasteiger partial charge in [-0.25, -0.2) is 0 Å². The number of non-ortho nitro benzene ring substituents is 1. The van der Waals surface area contributed by atoms with Crippen molar-refractivity contribution in [1.29, 1.82) is 0 Å². The Balaban J connectivity index is 1.77. The summed E-state index contributed by atoms with van der Waals surface area (Å²) in [6.07, 6.45) is 5.05. The molecule has 2 amide bonds. The average Bonchev–Trinajstić information content (AvgIpc) is 2.54. The van der Waals surface area contributed by atoms with Crippen LogP contribution in [0.15, 0.2) is 24.3 Å². The Morgan fingerprint density at radius 1 is 1.09 bits per heavy atom. The first-order valence-corrected chi connectivity index (χ1v) is 7.38. The fraction of sp³-hybridized carbons (Fsp3) is 0.467. The fourth-order valence-electron chi connectivity index (χ4n) is 2.56. The SMILES string of the molecule is O=C(Cc1ccc([N+](=O)[O-])cc1)NNC(=O)C1CCCCC1. The number of hydrogen-bond donors (Lipinski definition) is 2. The predicted molar refractivity (Wildman–Crippen MR) is 79.7 cm³/mol. The molecule has 0 radical (unpaired) electrons. The molecule has 7 heteroatoms. The van der Waals surface area contributed by atoms with Crippen LogP contribution >= 0.6 is 0 Å². The van der Waals surface area contributed by atoms with Gasteiger partial charge in [-0.1, -0.05) is 31.4 Å². The summed E-state index contributed by atoms with van der Waals surface area (Å²) in [4.78, 5) is 33.7. The summed E-state index contributed by atoms with van der Waals surface area (Å²) in [5.41, 5.74) is 5.48.